The molecule has 1 aliphatic heterocycles. The molecule has 4 aromatic rings. The van der Waals surface area contributed by atoms with Crippen LogP contribution in [0, 0.1) is 11.2 Å². The molecule has 0 spiro atoms. The summed E-state index contributed by atoms with van der Waals surface area (Å²) in [7, 11) is 0. The molecule has 280 valence electrons. The molecule has 2 aromatic carbocycles. The first kappa shape index (κ1) is 39.2. The predicted octanol–water partition coefficient (Wildman–Crippen LogP) is 8.33. The number of aryl methyl sites for hydroxylation is 1. The SMILES string of the molecule is C=C[C@H](N)CCCc1cc(-c2cc3cn(-c4cc(F)c([C@@H]5CCC[C@@H](CCNC(C)=N)N5CCCF)c(SC)c4)c(=O)nc3[nH]2)cc(C(F)(F)F)c1. The number of nitrogens with one attached hydrogen (secondary N) is 3. The van der Waals surface area contributed by atoms with Gasteiger partial charge in [0, 0.05) is 59.0 Å². The van der Waals surface area contributed by atoms with E-state index in [4.69, 9.17) is 11.1 Å². The monoisotopic (exact) mass is 743 g/mol. The van der Waals surface area contributed by atoms with Crippen LogP contribution in [0.3, 0.4) is 0 Å². The molecule has 1 saturated heterocycles. The summed E-state index contributed by atoms with van der Waals surface area (Å²) in [6.45, 7) is 5.91. The molecule has 0 unspecified atom stereocenters. The largest absolute Gasteiger partial charge is 0.416 e. The number of aromatic amines is 1. The highest BCUT2D eigenvalue weighted by molar-refractivity contribution is 7.98. The summed E-state index contributed by atoms with van der Waals surface area (Å²) in [6, 6.07) is 8.13. The van der Waals surface area contributed by atoms with Gasteiger partial charge in [0.1, 0.15) is 11.5 Å². The van der Waals surface area contributed by atoms with Crippen LogP contribution in [0.2, 0.25) is 0 Å². The number of piperidine rings is 1. The maximum Gasteiger partial charge on any atom is 0.416 e. The van der Waals surface area contributed by atoms with Crippen molar-refractivity contribution in [1.82, 2.24) is 24.8 Å². The Morgan fingerprint density at radius 3 is 2.69 bits per heavy atom. The molecule has 14 heteroatoms. The number of nitrogens with two attached hydrogens (primary N) is 1. The highest BCUT2D eigenvalue weighted by atomic mass is 32.2. The van der Waals surface area contributed by atoms with Crippen molar-refractivity contribution in [2.75, 3.05) is 26.0 Å². The molecular formula is C38H46F5N7OS. The van der Waals surface area contributed by atoms with E-state index in [0.29, 0.717) is 83.7 Å². The van der Waals surface area contributed by atoms with Crippen LogP contribution >= 0.6 is 11.8 Å². The van der Waals surface area contributed by atoms with E-state index in [0.717, 1.165) is 31.4 Å². The van der Waals surface area contributed by atoms with E-state index in [1.54, 1.807) is 31.2 Å². The van der Waals surface area contributed by atoms with E-state index in [2.05, 4.69) is 26.8 Å². The summed E-state index contributed by atoms with van der Waals surface area (Å²) >= 11 is 1.36. The molecular weight excluding hydrogens is 698 g/mol. The van der Waals surface area contributed by atoms with Crippen LogP contribution in [0.25, 0.3) is 28.0 Å². The van der Waals surface area contributed by atoms with Gasteiger partial charge in [0.25, 0.3) is 0 Å². The lowest BCUT2D eigenvalue weighted by Crippen LogP contribution is -2.44. The second-order valence-corrected chi connectivity index (χ2v) is 14.2. The van der Waals surface area contributed by atoms with Gasteiger partial charge >= 0.3 is 11.9 Å². The van der Waals surface area contributed by atoms with Crippen molar-refractivity contribution in [2.24, 2.45) is 5.73 Å². The molecule has 52 heavy (non-hydrogen) atoms. The van der Waals surface area contributed by atoms with Crippen LogP contribution in [0.5, 0.6) is 0 Å². The molecule has 3 heterocycles. The predicted molar refractivity (Wildman–Crippen MR) is 199 cm³/mol. The molecule has 5 rings (SSSR count). The summed E-state index contributed by atoms with van der Waals surface area (Å²) in [6.07, 6.45) is 5.45. The first-order chi connectivity index (χ1) is 24.8. The number of H-pyrrole nitrogens is 1. The van der Waals surface area contributed by atoms with E-state index in [-0.39, 0.29) is 29.5 Å². The lowest BCUT2D eigenvalue weighted by atomic mass is 9.88. The van der Waals surface area contributed by atoms with Gasteiger partial charge in [-0.15, -0.1) is 18.3 Å². The normalized spacial score (nSPS) is 17.4. The van der Waals surface area contributed by atoms with Crippen molar-refractivity contribution >= 4 is 28.6 Å². The fraction of sp³-hybridized carbons (Fsp3) is 0.447. The molecule has 0 amide bonds. The Hall–Kier alpha value is -4.01. The van der Waals surface area contributed by atoms with Crippen LogP contribution < -0.4 is 16.7 Å². The van der Waals surface area contributed by atoms with Crippen LogP contribution in [0.1, 0.15) is 74.6 Å². The first-order valence-electron chi connectivity index (χ1n) is 17.5. The Balaban J connectivity index is 1.49. The van der Waals surface area contributed by atoms with Gasteiger partial charge in [-0.05, 0) is 112 Å². The zero-order valence-electron chi connectivity index (χ0n) is 29.5. The van der Waals surface area contributed by atoms with Crippen molar-refractivity contribution in [2.45, 2.75) is 87.5 Å². The van der Waals surface area contributed by atoms with Gasteiger partial charge in [-0.1, -0.05) is 6.08 Å². The molecule has 1 aliphatic rings. The standard InChI is InChI=1S/C38H46F5N7OS/c1-4-28(45)9-5-8-24-16-25(18-27(17-24)38(41,42)43)32-19-26-22-50(37(51)48-36(26)47-32)30-20-31(40)35(34(21-30)52-3)33-11-6-10-29(12-14-46-23(2)44)49(33)15-7-13-39/h4,16-22,28-29,33H,1,5-15,45H2,2-3H3,(H2,44,46)(H,47,48,51)/t28-,29-,33-/m0/s1. The third-order valence-electron chi connectivity index (χ3n) is 9.65. The minimum Gasteiger partial charge on any atom is -0.374 e. The van der Waals surface area contributed by atoms with Gasteiger partial charge in [0.05, 0.1) is 23.8 Å². The molecule has 2 aromatic heterocycles. The second kappa shape index (κ2) is 17.2. The number of amidine groups is 1. The third kappa shape index (κ3) is 9.31. The number of alkyl halides is 4. The summed E-state index contributed by atoms with van der Waals surface area (Å²) in [5.74, 6) is -0.118. The quantitative estimate of drug-likeness (QED) is 0.0320. The number of rotatable bonds is 15. The van der Waals surface area contributed by atoms with Crippen molar-refractivity contribution in [3.05, 3.63) is 88.2 Å². The number of thioether (sulfide) groups is 1. The number of fused-ring (bicyclic) bond motifs is 1. The summed E-state index contributed by atoms with van der Waals surface area (Å²) < 4.78 is 72.7. The number of halogens is 5. The summed E-state index contributed by atoms with van der Waals surface area (Å²) in [5, 5.41) is 11.2. The smallest absolute Gasteiger partial charge is 0.374 e. The maximum atomic E-state index is 16.3. The zero-order chi connectivity index (χ0) is 37.6. The van der Waals surface area contributed by atoms with Crippen LogP contribution in [-0.4, -0.2) is 63.4 Å². The molecule has 3 atom stereocenters. The van der Waals surface area contributed by atoms with Gasteiger partial charge in [0.15, 0.2) is 0 Å². The minimum atomic E-state index is -4.57. The highest BCUT2D eigenvalue weighted by Gasteiger charge is 2.35. The summed E-state index contributed by atoms with van der Waals surface area (Å²) in [5.41, 5.74) is 6.54. The molecule has 0 radical (unpaired) electrons. The first-order valence-corrected chi connectivity index (χ1v) is 18.8. The number of aromatic nitrogens is 3. The van der Waals surface area contributed by atoms with Crippen LogP contribution in [0.4, 0.5) is 22.0 Å². The average molecular weight is 744 g/mol. The van der Waals surface area contributed by atoms with Crippen molar-refractivity contribution in [3.8, 4) is 16.9 Å². The van der Waals surface area contributed by atoms with Crippen molar-refractivity contribution < 1.29 is 22.0 Å². The van der Waals surface area contributed by atoms with E-state index < -0.39 is 29.9 Å². The molecule has 0 saturated carbocycles. The Bertz CT molecular complexity index is 1940. The number of hydrogen-bond donors (Lipinski definition) is 4. The van der Waals surface area contributed by atoms with Gasteiger partial charge in [0.2, 0.25) is 0 Å². The van der Waals surface area contributed by atoms with E-state index >= 15 is 4.39 Å². The van der Waals surface area contributed by atoms with Crippen molar-refractivity contribution in [3.63, 3.8) is 0 Å². The van der Waals surface area contributed by atoms with Crippen LogP contribution in [0.15, 0.2) is 64.9 Å². The maximum absolute atomic E-state index is 16.3. The van der Waals surface area contributed by atoms with E-state index in [1.807, 2.05) is 6.26 Å². The minimum absolute atomic E-state index is 0.0893. The highest BCUT2D eigenvalue weighted by Crippen LogP contribution is 2.42. The summed E-state index contributed by atoms with van der Waals surface area (Å²) in [4.78, 5) is 23.4. The fourth-order valence-corrected chi connectivity index (χ4v) is 7.81. The number of nitrogens with zero attached hydrogens (tertiary/aromatic N) is 3. The van der Waals surface area contributed by atoms with Crippen LogP contribution in [-0.2, 0) is 12.6 Å². The molecule has 1 fully saturated rings. The number of likely N-dealkylation sites (tertiary alicyclic amines) is 1. The van der Waals surface area contributed by atoms with Gasteiger partial charge < -0.3 is 16.0 Å². The third-order valence-corrected chi connectivity index (χ3v) is 10.4. The molecule has 0 aliphatic carbocycles. The zero-order valence-corrected chi connectivity index (χ0v) is 30.3. The lowest BCUT2D eigenvalue weighted by molar-refractivity contribution is -0.137. The molecule has 0 bridgehead atoms. The van der Waals surface area contributed by atoms with Crippen molar-refractivity contribution in [1.29, 1.82) is 5.41 Å². The second-order valence-electron chi connectivity index (χ2n) is 13.4. The number of benzene rings is 2. The average Bonchev–Trinajstić information content (AvgIpc) is 3.52. The Morgan fingerprint density at radius 1 is 1.21 bits per heavy atom. The number of hydrogen-bond acceptors (Lipinski definition) is 6. The van der Waals surface area contributed by atoms with Gasteiger partial charge in [-0.3, -0.25) is 19.3 Å². The Morgan fingerprint density at radius 2 is 2.00 bits per heavy atom. The van der Waals surface area contributed by atoms with Gasteiger partial charge in [-0.25, -0.2) is 9.18 Å². The van der Waals surface area contributed by atoms with E-state index in [1.165, 1.54) is 28.6 Å². The Kier molecular flexibility index (Phi) is 13.0. The van der Waals surface area contributed by atoms with E-state index in [9.17, 15) is 22.4 Å². The lowest BCUT2D eigenvalue weighted by Gasteiger charge is -2.43. The fourth-order valence-electron chi connectivity index (χ4n) is 7.12. The topological polar surface area (TPSA) is 116 Å². The molecule has 8 nitrogen and oxygen atoms in total. The Labute approximate surface area is 304 Å². The van der Waals surface area contributed by atoms with Gasteiger partial charge in [-0.2, -0.15) is 18.2 Å². The molecule has 5 N–H and O–H groups in total.